The smallest absolute Gasteiger partial charge is 0.133 e. The zero-order valence-electron chi connectivity index (χ0n) is 10.7. The maximum Gasteiger partial charge on any atom is 0.133 e. The van der Waals surface area contributed by atoms with Gasteiger partial charge in [-0.15, -0.1) is 0 Å². The molecule has 0 fully saturated rings. The van der Waals surface area contributed by atoms with Gasteiger partial charge in [0.05, 0.1) is 25.0 Å². The molecule has 0 aliphatic rings. The van der Waals surface area contributed by atoms with Crippen LogP contribution in [-0.4, -0.2) is 37.2 Å². The molecule has 94 valence electrons. The fourth-order valence-corrected chi connectivity index (χ4v) is 1.42. The average Bonchev–Trinajstić information content (AvgIpc) is 2.42. The van der Waals surface area contributed by atoms with Crippen LogP contribution in [0.25, 0.3) is 0 Å². The molecule has 1 aromatic heterocycles. The van der Waals surface area contributed by atoms with Crippen molar-refractivity contribution in [1.82, 2.24) is 9.97 Å². The summed E-state index contributed by atoms with van der Waals surface area (Å²) in [4.78, 5) is 12.2. The zero-order valence-corrected chi connectivity index (χ0v) is 10.7. The molecule has 0 spiro atoms. The van der Waals surface area contributed by atoms with E-state index in [2.05, 4.69) is 22.1 Å². The lowest BCUT2D eigenvalue weighted by Gasteiger charge is -2.20. The molecule has 0 aliphatic carbocycles. The fraction of sp³-hybridized carbons (Fsp3) is 0.500. The predicted molar refractivity (Wildman–Crippen MR) is 69.0 cm³/mol. The summed E-state index contributed by atoms with van der Waals surface area (Å²) in [6.45, 7) is 1.27. The third kappa shape index (κ3) is 3.91. The summed E-state index contributed by atoms with van der Waals surface area (Å²) in [7, 11) is 3.78. The second kappa shape index (κ2) is 7.08. The number of anilines is 2. The first-order valence-corrected chi connectivity index (χ1v) is 5.67. The van der Waals surface area contributed by atoms with Gasteiger partial charge in [0.25, 0.3) is 0 Å². The van der Waals surface area contributed by atoms with Crippen molar-refractivity contribution in [3.8, 4) is 12.1 Å². The number of rotatable bonds is 6. The van der Waals surface area contributed by atoms with E-state index < -0.39 is 0 Å². The third-order valence-corrected chi connectivity index (χ3v) is 2.54. The van der Waals surface area contributed by atoms with E-state index in [1.54, 1.807) is 0 Å². The van der Waals surface area contributed by atoms with Gasteiger partial charge in [-0.1, -0.05) is 0 Å². The van der Waals surface area contributed by atoms with E-state index in [9.17, 15) is 0 Å². The van der Waals surface area contributed by atoms with Gasteiger partial charge in [0.2, 0.25) is 0 Å². The van der Waals surface area contributed by atoms with E-state index in [1.807, 2.05) is 30.0 Å². The molecule has 1 heterocycles. The van der Waals surface area contributed by atoms with Crippen molar-refractivity contribution in [3.63, 3.8) is 0 Å². The summed E-state index contributed by atoms with van der Waals surface area (Å²) in [5.41, 5.74) is 0. The second-order valence-electron chi connectivity index (χ2n) is 3.89. The normalized spacial score (nSPS) is 9.33. The highest BCUT2D eigenvalue weighted by Crippen LogP contribution is 2.15. The Balaban J connectivity index is 2.73. The van der Waals surface area contributed by atoms with Crippen LogP contribution in [0.1, 0.15) is 12.8 Å². The zero-order chi connectivity index (χ0) is 13.4. The minimum Gasteiger partial charge on any atom is -0.358 e. The predicted octanol–water partition coefficient (Wildman–Crippen LogP) is 1.18. The van der Waals surface area contributed by atoms with Crippen LogP contribution in [0.2, 0.25) is 0 Å². The number of hydrogen-bond acceptors (Lipinski definition) is 6. The van der Waals surface area contributed by atoms with Crippen molar-refractivity contribution in [3.05, 3.63) is 12.4 Å². The van der Waals surface area contributed by atoms with Crippen LogP contribution in [-0.2, 0) is 0 Å². The largest absolute Gasteiger partial charge is 0.358 e. The van der Waals surface area contributed by atoms with Crippen molar-refractivity contribution in [2.75, 3.05) is 37.0 Å². The number of hydrogen-bond donors (Lipinski definition) is 0. The van der Waals surface area contributed by atoms with Crippen molar-refractivity contribution < 1.29 is 0 Å². The Morgan fingerprint density at radius 2 is 1.44 bits per heavy atom. The maximum absolute atomic E-state index is 8.55. The van der Waals surface area contributed by atoms with E-state index in [0.717, 1.165) is 11.6 Å². The summed E-state index contributed by atoms with van der Waals surface area (Å²) in [6.07, 6.45) is 2.41. The van der Waals surface area contributed by atoms with Gasteiger partial charge in [-0.05, 0) is 0 Å². The van der Waals surface area contributed by atoms with Crippen LogP contribution in [0.3, 0.4) is 0 Å². The third-order valence-electron chi connectivity index (χ3n) is 2.54. The van der Waals surface area contributed by atoms with E-state index in [-0.39, 0.29) is 0 Å². The van der Waals surface area contributed by atoms with E-state index in [4.69, 9.17) is 10.5 Å². The number of nitriles is 2. The topological polar surface area (TPSA) is 79.8 Å². The molecule has 0 saturated carbocycles. The fourth-order valence-electron chi connectivity index (χ4n) is 1.42. The molecule has 1 rings (SSSR count). The lowest BCUT2D eigenvalue weighted by atomic mass is 10.4. The molecule has 0 aliphatic heterocycles. The van der Waals surface area contributed by atoms with Gasteiger partial charge in [-0.3, -0.25) is 0 Å². The molecule has 0 amide bonds. The maximum atomic E-state index is 8.55. The molecular formula is C12H16N6. The highest BCUT2D eigenvalue weighted by Gasteiger charge is 2.07. The minimum atomic E-state index is 0.458. The average molecular weight is 244 g/mol. The van der Waals surface area contributed by atoms with Crippen LogP contribution in [0.15, 0.2) is 12.4 Å². The quantitative estimate of drug-likeness (QED) is 0.747. The van der Waals surface area contributed by atoms with Crippen molar-refractivity contribution in [2.24, 2.45) is 0 Å². The molecule has 0 radical (unpaired) electrons. The van der Waals surface area contributed by atoms with Gasteiger partial charge < -0.3 is 9.80 Å². The van der Waals surface area contributed by atoms with Crippen LogP contribution in [0, 0.1) is 22.7 Å². The Labute approximate surface area is 107 Å². The van der Waals surface area contributed by atoms with Gasteiger partial charge >= 0.3 is 0 Å². The van der Waals surface area contributed by atoms with E-state index in [0.29, 0.717) is 25.9 Å². The van der Waals surface area contributed by atoms with Crippen LogP contribution < -0.4 is 9.80 Å². The van der Waals surface area contributed by atoms with Gasteiger partial charge in [0.1, 0.15) is 18.0 Å². The second-order valence-corrected chi connectivity index (χ2v) is 3.89. The summed E-state index contributed by atoms with van der Waals surface area (Å²) < 4.78 is 0. The Morgan fingerprint density at radius 1 is 1.00 bits per heavy atom. The number of nitrogens with zero attached hydrogens (tertiary/aromatic N) is 6. The summed E-state index contributed by atoms with van der Waals surface area (Å²) >= 11 is 0. The Hall–Kier alpha value is -2.34. The number of aromatic nitrogens is 2. The van der Waals surface area contributed by atoms with Gasteiger partial charge in [0.15, 0.2) is 0 Å². The van der Waals surface area contributed by atoms with Gasteiger partial charge in [-0.25, -0.2) is 9.97 Å². The molecule has 0 aromatic carbocycles. The summed E-state index contributed by atoms with van der Waals surface area (Å²) in [5.74, 6) is 1.55. The van der Waals surface area contributed by atoms with Gasteiger partial charge in [-0.2, -0.15) is 10.5 Å². The molecule has 18 heavy (non-hydrogen) atoms. The lowest BCUT2D eigenvalue weighted by molar-refractivity contribution is 0.856. The summed E-state index contributed by atoms with van der Waals surface area (Å²) in [6, 6.07) is 6.06. The Bertz CT molecular complexity index is 419. The van der Waals surface area contributed by atoms with E-state index in [1.165, 1.54) is 6.33 Å². The standard InChI is InChI=1S/C12H16N6/c1-17(7-3-5-13)11-9-12(16-10-15-11)18(2)8-4-6-14/h9-10H,3-4,7-8H2,1-2H3. The Kier molecular flexibility index (Phi) is 5.40. The molecular weight excluding hydrogens is 228 g/mol. The van der Waals surface area contributed by atoms with Gasteiger partial charge in [0, 0.05) is 33.3 Å². The van der Waals surface area contributed by atoms with Crippen molar-refractivity contribution in [1.29, 1.82) is 10.5 Å². The molecule has 6 heteroatoms. The minimum absolute atomic E-state index is 0.458. The molecule has 0 saturated heterocycles. The van der Waals surface area contributed by atoms with Crippen LogP contribution in [0.5, 0.6) is 0 Å². The highest BCUT2D eigenvalue weighted by molar-refractivity contribution is 5.49. The first kappa shape index (κ1) is 13.7. The SMILES string of the molecule is CN(CCC#N)c1cc(N(C)CCC#N)ncn1. The van der Waals surface area contributed by atoms with Crippen molar-refractivity contribution in [2.45, 2.75) is 12.8 Å². The van der Waals surface area contributed by atoms with Crippen molar-refractivity contribution >= 4 is 11.6 Å². The monoisotopic (exact) mass is 244 g/mol. The molecule has 0 unspecified atom stereocenters. The lowest BCUT2D eigenvalue weighted by Crippen LogP contribution is -2.22. The summed E-state index contributed by atoms with van der Waals surface area (Å²) in [5, 5.41) is 17.1. The van der Waals surface area contributed by atoms with E-state index >= 15 is 0 Å². The first-order valence-electron chi connectivity index (χ1n) is 5.67. The first-order chi connectivity index (χ1) is 8.69. The molecule has 0 bridgehead atoms. The van der Waals surface area contributed by atoms with Crippen LogP contribution >= 0.6 is 0 Å². The van der Waals surface area contributed by atoms with Crippen LogP contribution in [0.4, 0.5) is 11.6 Å². The highest BCUT2D eigenvalue weighted by atomic mass is 15.2. The Morgan fingerprint density at radius 3 is 1.83 bits per heavy atom. The molecule has 6 nitrogen and oxygen atoms in total. The molecule has 0 atom stereocenters. The molecule has 1 aromatic rings. The molecule has 0 N–H and O–H groups in total.